The van der Waals surface area contributed by atoms with E-state index in [4.69, 9.17) is 10.2 Å². The van der Waals surface area contributed by atoms with E-state index < -0.39 is 11.9 Å². The van der Waals surface area contributed by atoms with Gasteiger partial charge in [0.2, 0.25) is 0 Å². The predicted molar refractivity (Wildman–Crippen MR) is 72.4 cm³/mol. The van der Waals surface area contributed by atoms with Gasteiger partial charge < -0.3 is 10.2 Å². The highest BCUT2D eigenvalue weighted by Gasteiger charge is 2.13. The summed E-state index contributed by atoms with van der Waals surface area (Å²) in [5.74, 6) is -2.12. The monoisotopic (exact) mass is 288 g/mol. The lowest BCUT2D eigenvalue weighted by Crippen LogP contribution is -2.02. The second-order valence-corrected chi connectivity index (χ2v) is 3.32. The quantitative estimate of drug-likeness (QED) is 0.891. The molecular weight excluding hydrogens is 279 g/mol. The first-order chi connectivity index (χ1) is 7.61. The minimum absolute atomic E-state index is 0. The van der Waals surface area contributed by atoms with Gasteiger partial charge >= 0.3 is 11.9 Å². The Morgan fingerprint density at radius 2 is 1.06 bits per heavy atom. The van der Waals surface area contributed by atoms with Gasteiger partial charge in [-0.1, -0.05) is 24.3 Å². The molecule has 2 N–H and O–H groups in total. The summed E-state index contributed by atoms with van der Waals surface area (Å²) in [6, 6.07) is 9.19. The van der Waals surface area contributed by atoms with Gasteiger partial charge in [0, 0.05) is 0 Å². The van der Waals surface area contributed by atoms with Crippen molar-refractivity contribution in [2.45, 2.75) is 0 Å². The lowest BCUT2D eigenvalue weighted by Gasteiger charge is -2.05. The highest BCUT2D eigenvalue weighted by molar-refractivity contribution is 6.10. The molecule has 0 atom stereocenters. The Hall–Kier alpha value is -1.78. The number of carboxylic acids is 2. The van der Waals surface area contributed by atoms with Crippen molar-refractivity contribution in [2.75, 3.05) is 0 Å². The van der Waals surface area contributed by atoms with E-state index in [0.29, 0.717) is 10.8 Å². The van der Waals surface area contributed by atoms with Crippen molar-refractivity contribution in [1.29, 1.82) is 0 Å². The zero-order valence-corrected chi connectivity index (χ0v) is 10.6. The SMILES string of the molecule is Cl.Cl.O=C(O)c1ccc(C(=O)O)c2ccccc12. The molecule has 0 fully saturated rings. The number of hydrogen-bond acceptors (Lipinski definition) is 2. The van der Waals surface area contributed by atoms with Crippen LogP contribution in [0.25, 0.3) is 10.8 Å². The number of halogens is 2. The molecule has 18 heavy (non-hydrogen) atoms. The van der Waals surface area contributed by atoms with Crippen LogP contribution in [0.5, 0.6) is 0 Å². The average molecular weight is 289 g/mol. The van der Waals surface area contributed by atoms with E-state index in [0.717, 1.165) is 0 Å². The van der Waals surface area contributed by atoms with Crippen LogP contribution in [0.4, 0.5) is 0 Å². The van der Waals surface area contributed by atoms with E-state index in [-0.39, 0.29) is 35.9 Å². The zero-order chi connectivity index (χ0) is 11.7. The smallest absolute Gasteiger partial charge is 0.336 e. The molecule has 2 aromatic rings. The Bertz CT molecular complexity index is 543. The van der Waals surface area contributed by atoms with Crippen molar-refractivity contribution < 1.29 is 19.8 Å². The predicted octanol–water partition coefficient (Wildman–Crippen LogP) is 3.08. The molecule has 0 aromatic heterocycles. The molecule has 0 saturated carbocycles. The van der Waals surface area contributed by atoms with Crippen LogP contribution in [0.15, 0.2) is 36.4 Å². The fraction of sp³-hybridized carbons (Fsp3) is 0. The van der Waals surface area contributed by atoms with Crippen molar-refractivity contribution in [2.24, 2.45) is 0 Å². The molecule has 0 spiro atoms. The largest absolute Gasteiger partial charge is 0.478 e. The minimum Gasteiger partial charge on any atom is -0.478 e. The molecule has 2 aromatic carbocycles. The summed E-state index contributed by atoms with van der Waals surface area (Å²) in [6.45, 7) is 0. The molecule has 0 aliphatic heterocycles. The van der Waals surface area contributed by atoms with Crippen LogP contribution in [0.3, 0.4) is 0 Å². The topological polar surface area (TPSA) is 74.6 Å². The maximum Gasteiger partial charge on any atom is 0.336 e. The Kier molecular flexibility index (Phi) is 5.62. The van der Waals surface area contributed by atoms with Gasteiger partial charge in [-0.2, -0.15) is 0 Å². The van der Waals surface area contributed by atoms with Gasteiger partial charge in [-0.05, 0) is 22.9 Å². The fourth-order valence-electron chi connectivity index (χ4n) is 1.67. The van der Waals surface area contributed by atoms with Gasteiger partial charge in [0.1, 0.15) is 0 Å². The van der Waals surface area contributed by atoms with Gasteiger partial charge in [-0.3, -0.25) is 0 Å². The molecule has 0 radical (unpaired) electrons. The Morgan fingerprint density at radius 1 is 0.722 bits per heavy atom. The Morgan fingerprint density at radius 3 is 1.33 bits per heavy atom. The summed E-state index contributed by atoms with van der Waals surface area (Å²) in [5, 5.41) is 18.8. The van der Waals surface area contributed by atoms with Gasteiger partial charge in [0.15, 0.2) is 0 Å². The summed E-state index contributed by atoms with van der Waals surface area (Å²) >= 11 is 0. The van der Waals surface area contributed by atoms with Crippen LogP contribution in [-0.4, -0.2) is 22.2 Å². The number of carboxylic acid groups (broad SMARTS) is 2. The van der Waals surface area contributed by atoms with Crippen molar-refractivity contribution >= 4 is 47.5 Å². The fourth-order valence-corrected chi connectivity index (χ4v) is 1.67. The summed E-state index contributed by atoms with van der Waals surface area (Å²) in [7, 11) is 0. The summed E-state index contributed by atoms with van der Waals surface area (Å²) in [4.78, 5) is 21.9. The molecule has 0 saturated heterocycles. The first kappa shape index (κ1) is 16.2. The maximum atomic E-state index is 10.9. The van der Waals surface area contributed by atoms with E-state index in [9.17, 15) is 9.59 Å². The van der Waals surface area contributed by atoms with Crippen LogP contribution in [0, 0.1) is 0 Å². The van der Waals surface area contributed by atoms with E-state index in [2.05, 4.69) is 0 Å². The molecule has 2 rings (SSSR count). The highest BCUT2D eigenvalue weighted by atomic mass is 35.5. The van der Waals surface area contributed by atoms with Crippen molar-refractivity contribution in [1.82, 2.24) is 0 Å². The zero-order valence-electron chi connectivity index (χ0n) is 8.99. The number of benzene rings is 2. The summed E-state index contributed by atoms with van der Waals surface area (Å²) in [5.41, 5.74) is 0.223. The second-order valence-electron chi connectivity index (χ2n) is 3.32. The number of fused-ring (bicyclic) bond motifs is 1. The van der Waals surface area contributed by atoms with E-state index in [1.54, 1.807) is 24.3 Å². The van der Waals surface area contributed by atoms with Crippen LogP contribution in [-0.2, 0) is 0 Å². The molecule has 6 heteroatoms. The molecule has 0 aliphatic carbocycles. The van der Waals surface area contributed by atoms with Gasteiger partial charge in [-0.25, -0.2) is 9.59 Å². The molecule has 0 aliphatic rings. The molecule has 96 valence electrons. The molecule has 0 amide bonds. The van der Waals surface area contributed by atoms with Crippen LogP contribution in [0.1, 0.15) is 20.7 Å². The molecule has 4 nitrogen and oxygen atoms in total. The van der Waals surface area contributed by atoms with Crippen molar-refractivity contribution in [3.63, 3.8) is 0 Å². The van der Waals surface area contributed by atoms with E-state index in [1.807, 2.05) is 0 Å². The van der Waals surface area contributed by atoms with Gasteiger partial charge in [0.25, 0.3) is 0 Å². The Labute approximate surface area is 115 Å². The van der Waals surface area contributed by atoms with Crippen molar-refractivity contribution in [3.05, 3.63) is 47.5 Å². The summed E-state index contributed by atoms with van der Waals surface area (Å²) < 4.78 is 0. The third kappa shape index (κ3) is 2.72. The molecule has 0 heterocycles. The van der Waals surface area contributed by atoms with Crippen LogP contribution in [0.2, 0.25) is 0 Å². The number of rotatable bonds is 2. The minimum atomic E-state index is -1.06. The molecule has 0 bridgehead atoms. The van der Waals surface area contributed by atoms with Crippen molar-refractivity contribution in [3.8, 4) is 0 Å². The third-order valence-corrected chi connectivity index (χ3v) is 2.38. The normalized spacial score (nSPS) is 9.11. The number of carbonyl (C=O) groups is 2. The standard InChI is InChI=1S/C12H8O4.2ClH/c13-11(14)9-5-6-10(12(15)16)8-4-2-1-3-7(8)9;;/h1-6H,(H,13,14)(H,15,16);2*1H. The second kappa shape index (κ2) is 6.23. The number of aromatic carboxylic acids is 2. The molecule has 0 unspecified atom stereocenters. The lowest BCUT2D eigenvalue weighted by atomic mass is 10.00. The van der Waals surface area contributed by atoms with Crippen LogP contribution >= 0.6 is 24.8 Å². The third-order valence-electron chi connectivity index (χ3n) is 2.38. The average Bonchev–Trinajstić information content (AvgIpc) is 2.27. The highest BCUT2D eigenvalue weighted by Crippen LogP contribution is 2.22. The van der Waals surface area contributed by atoms with Crippen LogP contribution < -0.4 is 0 Å². The lowest BCUT2D eigenvalue weighted by molar-refractivity contribution is 0.0684. The van der Waals surface area contributed by atoms with E-state index >= 15 is 0 Å². The maximum absolute atomic E-state index is 10.9. The first-order valence-electron chi connectivity index (χ1n) is 4.59. The Balaban J connectivity index is 0.00000144. The van der Waals surface area contributed by atoms with E-state index in [1.165, 1.54) is 12.1 Å². The van der Waals surface area contributed by atoms with Gasteiger partial charge in [0.05, 0.1) is 11.1 Å². The summed E-state index contributed by atoms with van der Waals surface area (Å²) in [6.07, 6.45) is 0. The molecular formula is C12H10Cl2O4. The van der Waals surface area contributed by atoms with Gasteiger partial charge in [-0.15, -0.1) is 24.8 Å². The number of hydrogen-bond donors (Lipinski definition) is 2. The first-order valence-corrected chi connectivity index (χ1v) is 4.59.